The Bertz CT molecular complexity index is 441. The van der Waals surface area contributed by atoms with Gasteiger partial charge in [-0.05, 0) is 30.0 Å². The number of halogens is 1. The Balaban J connectivity index is 2.53. The highest BCUT2D eigenvalue weighted by Gasteiger charge is 2.19. The lowest BCUT2D eigenvalue weighted by molar-refractivity contribution is 0.252. The second-order valence-electron chi connectivity index (χ2n) is 5.82. The molecule has 1 aromatic carbocycles. The van der Waals surface area contributed by atoms with Crippen LogP contribution < -0.4 is 5.32 Å². The Kier molecular flexibility index (Phi) is 4.86. The molecule has 18 heavy (non-hydrogen) atoms. The van der Waals surface area contributed by atoms with Crippen LogP contribution in [-0.2, 0) is 6.54 Å². The standard InChI is InChI=1S/C15H21FN2/c1-11(15(2,3)4)9-18-10-13-6-5-12(8-17)7-14(13)16/h5-7,11,18H,9-10H2,1-4H3. The van der Waals surface area contributed by atoms with Crippen LogP contribution in [0.4, 0.5) is 4.39 Å². The summed E-state index contributed by atoms with van der Waals surface area (Å²) in [7, 11) is 0. The second kappa shape index (κ2) is 5.97. The molecular weight excluding hydrogens is 227 g/mol. The molecule has 0 amide bonds. The van der Waals surface area contributed by atoms with Crippen molar-refractivity contribution in [2.24, 2.45) is 11.3 Å². The number of nitriles is 1. The van der Waals surface area contributed by atoms with Crippen LogP contribution >= 0.6 is 0 Å². The molecule has 0 aliphatic carbocycles. The zero-order chi connectivity index (χ0) is 13.8. The van der Waals surface area contributed by atoms with Crippen LogP contribution in [0.1, 0.15) is 38.8 Å². The van der Waals surface area contributed by atoms with E-state index in [1.807, 2.05) is 6.07 Å². The fraction of sp³-hybridized carbons (Fsp3) is 0.533. The summed E-state index contributed by atoms with van der Waals surface area (Å²) in [5, 5.41) is 11.9. The topological polar surface area (TPSA) is 35.8 Å². The molecule has 0 bridgehead atoms. The van der Waals surface area contributed by atoms with Crippen LogP contribution in [0, 0.1) is 28.5 Å². The summed E-state index contributed by atoms with van der Waals surface area (Å²) in [6.07, 6.45) is 0. The first-order chi connectivity index (χ1) is 8.34. The molecule has 0 heterocycles. The maximum atomic E-state index is 13.6. The minimum Gasteiger partial charge on any atom is -0.312 e. The van der Waals surface area contributed by atoms with Crippen molar-refractivity contribution in [3.05, 3.63) is 35.1 Å². The molecule has 3 heteroatoms. The van der Waals surface area contributed by atoms with E-state index in [0.717, 1.165) is 6.54 Å². The fourth-order valence-electron chi connectivity index (χ4n) is 1.49. The van der Waals surface area contributed by atoms with Crippen molar-refractivity contribution < 1.29 is 4.39 Å². The van der Waals surface area contributed by atoms with Crippen molar-refractivity contribution in [3.63, 3.8) is 0 Å². The molecule has 1 rings (SSSR count). The van der Waals surface area contributed by atoms with E-state index in [9.17, 15) is 4.39 Å². The molecule has 0 aliphatic rings. The van der Waals surface area contributed by atoms with Gasteiger partial charge in [0.15, 0.2) is 0 Å². The van der Waals surface area contributed by atoms with E-state index in [1.54, 1.807) is 12.1 Å². The molecule has 0 radical (unpaired) electrons. The fourth-order valence-corrected chi connectivity index (χ4v) is 1.49. The SMILES string of the molecule is CC(CNCc1ccc(C#N)cc1F)C(C)(C)C. The highest BCUT2D eigenvalue weighted by atomic mass is 19.1. The van der Waals surface area contributed by atoms with Crippen molar-refractivity contribution in [2.45, 2.75) is 34.2 Å². The first kappa shape index (κ1) is 14.7. The highest BCUT2D eigenvalue weighted by Crippen LogP contribution is 2.24. The predicted molar refractivity (Wildman–Crippen MR) is 71.4 cm³/mol. The average molecular weight is 248 g/mol. The molecule has 1 unspecified atom stereocenters. The summed E-state index contributed by atoms with van der Waals surface area (Å²) in [4.78, 5) is 0. The molecule has 0 spiro atoms. The zero-order valence-corrected chi connectivity index (χ0v) is 11.5. The van der Waals surface area contributed by atoms with Gasteiger partial charge in [0.1, 0.15) is 5.82 Å². The maximum absolute atomic E-state index is 13.6. The minimum atomic E-state index is -0.315. The Hall–Kier alpha value is -1.40. The van der Waals surface area contributed by atoms with E-state index in [4.69, 9.17) is 5.26 Å². The summed E-state index contributed by atoms with van der Waals surface area (Å²) in [6, 6.07) is 6.53. The van der Waals surface area contributed by atoms with Gasteiger partial charge in [0.25, 0.3) is 0 Å². The molecule has 98 valence electrons. The summed E-state index contributed by atoms with van der Waals surface area (Å²) < 4.78 is 13.6. The largest absolute Gasteiger partial charge is 0.312 e. The quantitative estimate of drug-likeness (QED) is 0.885. The van der Waals surface area contributed by atoms with Gasteiger partial charge in [0.05, 0.1) is 11.6 Å². The molecule has 0 saturated carbocycles. The lowest BCUT2D eigenvalue weighted by Crippen LogP contribution is -2.29. The molecule has 0 aliphatic heterocycles. The number of benzene rings is 1. The van der Waals surface area contributed by atoms with Gasteiger partial charge in [0.2, 0.25) is 0 Å². The lowest BCUT2D eigenvalue weighted by Gasteiger charge is -2.27. The van der Waals surface area contributed by atoms with Crippen LogP contribution in [0.5, 0.6) is 0 Å². The minimum absolute atomic E-state index is 0.246. The Morgan fingerprint density at radius 1 is 1.39 bits per heavy atom. The van der Waals surface area contributed by atoms with E-state index >= 15 is 0 Å². The normalized spacial score (nSPS) is 13.1. The zero-order valence-electron chi connectivity index (χ0n) is 11.5. The molecule has 0 aromatic heterocycles. The summed E-state index contributed by atoms with van der Waals surface area (Å²) in [5.74, 6) is 0.198. The lowest BCUT2D eigenvalue weighted by atomic mass is 9.82. The van der Waals surface area contributed by atoms with Crippen LogP contribution in [0.3, 0.4) is 0 Å². The van der Waals surface area contributed by atoms with Crippen LogP contribution in [0.15, 0.2) is 18.2 Å². The molecule has 0 saturated heterocycles. The average Bonchev–Trinajstić information content (AvgIpc) is 2.29. The van der Waals surface area contributed by atoms with Crippen molar-refractivity contribution in [2.75, 3.05) is 6.54 Å². The summed E-state index contributed by atoms with van der Waals surface area (Å²) in [5.41, 5.74) is 1.21. The van der Waals surface area contributed by atoms with E-state index < -0.39 is 0 Å². The molecule has 0 fully saturated rings. The third-order valence-electron chi connectivity index (χ3n) is 3.43. The van der Waals surface area contributed by atoms with Gasteiger partial charge in [-0.2, -0.15) is 5.26 Å². The first-order valence-corrected chi connectivity index (χ1v) is 6.24. The number of hydrogen-bond acceptors (Lipinski definition) is 2. The van der Waals surface area contributed by atoms with Crippen molar-refractivity contribution in [1.82, 2.24) is 5.32 Å². The van der Waals surface area contributed by atoms with Crippen LogP contribution in [0.2, 0.25) is 0 Å². The Morgan fingerprint density at radius 2 is 2.06 bits per heavy atom. The Morgan fingerprint density at radius 3 is 2.56 bits per heavy atom. The van der Waals surface area contributed by atoms with Gasteiger partial charge in [-0.25, -0.2) is 4.39 Å². The van der Waals surface area contributed by atoms with E-state index in [2.05, 4.69) is 33.0 Å². The van der Waals surface area contributed by atoms with Crippen molar-refractivity contribution in [1.29, 1.82) is 5.26 Å². The van der Waals surface area contributed by atoms with Gasteiger partial charge in [-0.1, -0.05) is 33.8 Å². The predicted octanol–water partition coefficient (Wildman–Crippen LogP) is 3.47. The molecule has 1 atom stereocenters. The number of nitrogens with zero attached hydrogens (tertiary/aromatic N) is 1. The van der Waals surface area contributed by atoms with Crippen molar-refractivity contribution in [3.8, 4) is 6.07 Å². The number of nitrogens with one attached hydrogen (secondary N) is 1. The second-order valence-corrected chi connectivity index (χ2v) is 5.82. The van der Waals surface area contributed by atoms with Crippen molar-refractivity contribution >= 4 is 0 Å². The summed E-state index contributed by atoms with van der Waals surface area (Å²) >= 11 is 0. The molecular formula is C15H21FN2. The highest BCUT2D eigenvalue weighted by molar-refractivity contribution is 5.32. The smallest absolute Gasteiger partial charge is 0.129 e. The third kappa shape index (κ3) is 4.12. The maximum Gasteiger partial charge on any atom is 0.129 e. The third-order valence-corrected chi connectivity index (χ3v) is 3.43. The Labute approximate surface area is 109 Å². The molecule has 1 N–H and O–H groups in total. The van der Waals surface area contributed by atoms with Gasteiger partial charge < -0.3 is 5.32 Å². The molecule has 2 nitrogen and oxygen atoms in total. The monoisotopic (exact) mass is 248 g/mol. The first-order valence-electron chi connectivity index (χ1n) is 6.24. The number of rotatable bonds is 4. The van der Waals surface area contributed by atoms with Crippen LogP contribution in [0.25, 0.3) is 0 Å². The van der Waals surface area contributed by atoms with Gasteiger partial charge in [-0.15, -0.1) is 0 Å². The van der Waals surface area contributed by atoms with Gasteiger partial charge >= 0.3 is 0 Å². The van der Waals surface area contributed by atoms with E-state index in [1.165, 1.54) is 6.07 Å². The van der Waals surface area contributed by atoms with E-state index in [0.29, 0.717) is 23.6 Å². The van der Waals surface area contributed by atoms with Gasteiger partial charge in [0, 0.05) is 12.1 Å². The van der Waals surface area contributed by atoms with E-state index in [-0.39, 0.29) is 11.2 Å². The van der Waals surface area contributed by atoms with Crippen LogP contribution in [-0.4, -0.2) is 6.54 Å². The van der Waals surface area contributed by atoms with Gasteiger partial charge in [-0.3, -0.25) is 0 Å². The number of hydrogen-bond donors (Lipinski definition) is 1. The molecule has 1 aromatic rings. The summed E-state index contributed by atoms with van der Waals surface area (Å²) in [6.45, 7) is 10.1.